The van der Waals surface area contributed by atoms with E-state index in [9.17, 15) is 0 Å². The van der Waals surface area contributed by atoms with E-state index in [0.717, 1.165) is 0 Å². The van der Waals surface area contributed by atoms with Gasteiger partial charge in [-0.25, -0.2) is 15.0 Å². The molecule has 0 aliphatic rings. The van der Waals surface area contributed by atoms with Gasteiger partial charge in [-0.15, -0.1) is 10.2 Å². The Morgan fingerprint density at radius 1 is 0.941 bits per heavy atom. The van der Waals surface area contributed by atoms with Gasteiger partial charge in [-0.05, 0) is 10.4 Å². The van der Waals surface area contributed by atoms with Gasteiger partial charge in [-0.3, -0.25) is 0 Å². The second-order valence-electron chi connectivity index (χ2n) is 2.90. The Morgan fingerprint density at radius 3 is 2.53 bits per heavy atom. The van der Waals surface area contributed by atoms with E-state index in [-0.39, 0.29) is 0 Å². The summed E-state index contributed by atoms with van der Waals surface area (Å²) in [6, 6.07) is 0. The first-order chi connectivity index (χ1) is 8.43. The number of nitrogens with one attached hydrogen (secondary N) is 1. The van der Waals surface area contributed by atoms with E-state index in [1.165, 1.54) is 18.7 Å². The van der Waals surface area contributed by atoms with Gasteiger partial charge >= 0.3 is 0 Å². The zero-order valence-corrected chi connectivity index (χ0v) is 8.26. The fraction of sp³-hybridized carbons (Fsp3) is 0. The zero-order valence-electron chi connectivity index (χ0n) is 8.26. The largest absolute Gasteiger partial charge is 0.215 e. The summed E-state index contributed by atoms with van der Waals surface area (Å²) in [6.45, 7) is 0. The van der Waals surface area contributed by atoms with Crippen LogP contribution in [0.3, 0.4) is 0 Å². The minimum atomic E-state index is 0.348. The van der Waals surface area contributed by atoms with E-state index in [2.05, 4.69) is 51.0 Å². The van der Waals surface area contributed by atoms with Crippen molar-refractivity contribution in [2.75, 3.05) is 0 Å². The number of nitrogens with zero attached hydrogens (tertiary/aromatic N) is 9. The molecule has 0 aromatic carbocycles. The molecule has 0 saturated heterocycles. The molecule has 0 bridgehead atoms. The highest BCUT2D eigenvalue weighted by Crippen LogP contribution is 2.12. The molecule has 0 radical (unpaired) electrons. The van der Waals surface area contributed by atoms with Crippen LogP contribution in [0.2, 0.25) is 0 Å². The number of hydrogen-bond acceptors (Lipinski definition) is 9. The minimum Gasteiger partial charge on any atom is -0.215 e. The van der Waals surface area contributed by atoms with E-state index in [4.69, 9.17) is 0 Å². The second-order valence-corrected chi connectivity index (χ2v) is 2.90. The fourth-order valence-corrected chi connectivity index (χ4v) is 1.15. The molecule has 0 amide bonds. The van der Waals surface area contributed by atoms with Gasteiger partial charge in [0.05, 0.1) is 12.4 Å². The molecule has 3 heterocycles. The molecule has 82 valence electrons. The van der Waals surface area contributed by atoms with Crippen LogP contribution in [-0.2, 0) is 0 Å². The molecule has 0 aliphatic heterocycles. The second kappa shape index (κ2) is 3.92. The summed E-state index contributed by atoms with van der Waals surface area (Å²) in [5.74, 6) is 0.739. The van der Waals surface area contributed by atoms with Crippen molar-refractivity contribution in [2.24, 2.45) is 0 Å². The summed E-state index contributed by atoms with van der Waals surface area (Å²) in [5, 5.41) is 24.1. The van der Waals surface area contributed by atoms with Crippen molar-refractivity contribution < 1.29 is 0 Å². The van der Waals surface area contributed by atoms with Gasteiger partial charge in [-0.1, -0.05) is 0 Å². The number of rotatable bonds is 2. The van der Waals surface area contributed by atoms with Crippen LogP contribution in [0.25, 0.3) is 23.0 Å². The predicted octanol–water partition coefficient (Wildman–Crippen LogP) is -1.10. The Morgan fingerprint density at radius 2 is 1.82 bits per heavy atom. The summed E-state index contributed by atoms with van der Waals surface area (Å²) < 4.78 is 0. The van der Waals surface area contributed by atoms with Crippen LogP contribution >= 0.6 is 0 Å². The molecule has 0 spiro atoms. The molecule has 0 unspecified atom stereocenters. The lowest BCUT2D eigenvalue weighted by atomic mass is 10.4. The van der Waals surface area contributed by atoms with Gasteiger partial charge in [-0.2, -0.15) is 15.4 Å². The summed E-state index contributed by atoms with van der Waals surface area (Å²) in [6.07, 6.45) is 4.28. The van der Waals surface area contributed by atoms with Crippen LogP contribution in [0, 0.1) is 0 Å². The van der Waals surface area contributed by atoms with Crippen LogP contribution in [0.15, 0.2) is 18.7 Å². The van der Waals surface area contributed by atoms with Gasteiger partial charge in [0.2, 0.25) is 0 Å². The molecule has 3 aromatic rings. The van der Waals surface area contributed by atoms with Gasteiger partial charge < -0.3 is 0 Å². The third-order valence-electron chi connectivity index (χ3n) is 1.87. The Bertz CT molecular complexity index is 606. The Labute approximate surface area is 93.6 Å². The lowest BCUT2D eigenvalue weighted by Gasteiger charge is -1.97. The predicted molar refractivity (Wildman–Crippen MR) is 51.8 cm³/mol. The van der Waals surface area contributed by atoms with Crippen molar-refractivity contribution in [2.45, 2.75) is 0 Å². The van der Waals surface area contributed by atoms with E-state index in [0.29, 0.717) is 23.0 Å². The Kier molecular flexibility index (Phi) is 2.15. The molecule has 10 nitrogen and oxygen atoms in total. The van der Waals surface area contributed by atoms with Crippen molar-refractivity contribution >= 4 is 0 Å². The molecule has 0 saturated carbocycles. The lowest BCUT2D eigenvalue weighted by Crippen LogP contribution is -1.99. The molecule has 0 fully saturated rings. The van der Waals surface area contributed by atoms with Crippen molar-refractivity contribution in [1.82, 2.24) is 51.0 Å². The van der Waals surface area contributed by atoms with Crippen LogP contribution in [0.4, 0.5) is 0 Å². The monoisotopic (exact) mass is 228 g/mol. The van der Waals surface area contributed by atoms with E-state index < -0.39 is 0 Å². The van der Waals surface area contributed by atoms with Gasteiger partial charge in [0.15, 0.2) is 17.3 Å². The molecule has 17 heavy (non-hydrogen) atoms. The average molecular weight is 228 g/mol. The Balaban J connectivity index is 2.06. The summed E-state index contributed by atoms with van der Waals surface area (Å²) in [7, 11) is 0. The summed E-state index contributed by atoms with van der Waals surface area (Å²) >= 11 is 0. The van der Waals surface area contributed by atoms with Crippen LogP contribution in [-0.4, -0.2) is 51.0 Å². The molecule has 0 aliphatic carbocycles. The van der Waals surface area contributed by atoms with Crippen molar-refractivity contribution in [1.29, 1.82) is 0 Å². The maximum Gasteiger partial charge on any atom is 0.185 e. The minimum absolute atomic E-state index is 0.348. The SMILES string of the molecule is c1nc(-c2cnnnn2)nc(-c2cn[nH]n2)n1. The normalized spacial score (nSPS) is 10.4. The fourth-order valence-electron chi connectivity index (χ4n) is 1.15. The Hall–Kier alpha value is -2.91. The maximum absolute atomic E-state index is 4.17. The maximum atomic E-state index is 4.17. The quantitative estimate of drug-likeness (QED) is 0.580. The van der Waals surface area contributed by atoms with E-state index in [1.54, 1.807) is 0 Å². The molecule has 3 aromatic heterocycles. The van der Waals surface area contributed by atoms with Crippen molar-refractivity contribution in [3.8, 4) is 23.0 Å². The molecular weight excluding hydrogens is 224 g/mol. The number of H-pyrrole nitrogens is 1. The smallest absolute Gasteiger partial charge is 0.185 e. The highest BCUT2D eigenvalue weighted by molar-refractivity contribution is 5.52. The molecule has 1 N–H and O–H groups in total. The first-order valence-corrected chi connectivity index (χ1v) is 4.50. The average Bonchev–Trinajstić information content (AvgIpc) is 2.94. The third kappa shape index (κ3) is 1.78. The highest BCUT2D eigenvalue weighted by atomic mass is 15.4. The van der Waals surface area contributed by atoms with Crippen molar-refractivity contribution in [3.05, 3.63) is 18.7 Å². The van der Waals surface area contributed by atoms with Gasteiger partial charge in [0.1, 0.15) is 12.0 Å². The van der Waals surface area contributed by atoms with Gasteiger partial charge in [0, 0.05) is 0 Å². The summed E-state index contributed by atoms with van der Waals surface area (Å²) in [5.41, 5.74) is 0.927. The first-order valence-electron chi connectivity index (χ1n) is 4.50. The molecule has 3 rings (SSSR count). The van der Waals surface area contributed by atoms with Crippen molar-refractivity contribution in [3.63, 3.8) is 0 Å². The number of hydrogen-bond donors (Lipinski definition) is 1. The van der Waals surface area contributed by atoms with Crippen LogP contribution in [0.5, 0.6) is 0 Å². The third-order valence-corrected chi connectivity index (χ3v) is 1.87. The highest BCUT2D eigenvalue weighted by Gasteiger charge is 2.09. The van der Waals surface area contributed by atoms with Crippen LogP contribution < -0.4 is 0 Å². The van der Waals surface area contributed by atoms with E-state index >= 15 is 0 Å². The summed E-state index contributed by atoms with van der Waals surface area (Å²) in [4.78, 5) is 12.1. The topological polar surface area (TPSA) is 132 Å². The molecule has 0 atom stereocenters. The molecule has 10 heteroatoms. The van der Waals surface area contributed by atoms with Gasteiger partial charge in [0.25, 0.3) is 0 Å². The molecular formula is C7H4N10. The zero-order chi connectivity index (χ0) is 11.5. The van der Waals surface area contributed by atoms with E-state index in [1.807, 2.05) is 0 Å². The standard InChI is InChI=1S/C7H4N10/c1-4(13-15-10-1)6-8-3-9-7(12-6)5-2-11-16-17-14-5/h1-3H,(H,10,13,15). The van der Waals surface area contributed by atoms with Crippen LogP contribution in [0.1, 0.15) is 0 Å². The number of aromatic nitrogens is 10. The lowest BCUT2D eigenvalue weighted by molar-refractivity contribution is 0.762. The number of aromatic amines is 1. The first kappa shape index (κ1) is 9.33.